The zero-order valence-corrected chi connectivity index (χ0v) is 23.7. The summed E-state index contributed by atoms with van der Waals surface area (Å²) in [6.45, 7) is 13.0. The number of benzene rings is 2. The van der Waals surface area contributed by atoms with Crippen molar-refractivity contribution >= 4 is 6.09 Å². The van der Waals surface area contributed by atoms with E-state index in [-0.39, 0.29) is 23.3 Å². The predicted octanol–water partition coefficient (Wildman–Crippen LogP) is 6.14. The zero-order chi connectivity index (χ0) is 28.3. The van der Waals surface area contributed by atoms with Gasteiger partial charge in [0.1, 0.15) is 29.1 Å². The molecule has 1 aliphatic rings. The molecule has 39 heavy (non-hydrogen) atoms. The van der Waals surface area contributed by atoms with E-state index in [9.17, 15) is 14.9 Å². The fraction of sp³-hybridized carbons (Fsp3) is 0.406. The van der Waals surface area contributed by atoms with Crippen LogP contribution in [-0.2, 0) is 11.3 Å². The normalized spacial score (nSPS) is 14.1. The van der Waals surface area contributed by atoms with Crippen molar-refractivity contribution in [1.82, 2.24) is 9.47 Å². The summed E-state index contributed by atoms with van der Waals surface area (Å²) in [6, 6.07) is 17.9. The second kappa shape index (κ2) is 11.4. The number of likely N-dealkylation sites (tertiary alicyclic amines) is 1. The summed E-state index contributed by atoms with van der Waals surface area (Å²) in [4.78, 5) is 27.4. The van der Waals surface area contributed by atoms with E-state index in [0.717, 1.165) is 46.5 Å². The number of amides is 1. The van der Waals surface area contributed by atoms with E-state index in [1.807, 2.05) is 77.1 Å². The van der Waals surface area contributed by atoms with Crippen molar-refractivity contribution < 1.29 is 14.3 Å². The fourth-order valence-electron chi connectivity index (χ4n) is 4.87. The third-order valence-electron chi connectivity index (χ3n) is 6.98. The first kappa shape index (κ1) is 28.0. The molecule has 0 unspecified atom stereocenters. The molecule has 204 valence electrons. The number of hydrogen-bond acceptors (Lipinski definition) is 5. The van der Waals surface area contributed by atoms with Crippen LogP contribution >= 0.6 is 0 Å². The first-order valence-electron chi connectivity index (χ1n) is 13.4. The van der Waals surface area contributed by atoms with Gasteiger partial charge in [-0.1, -0.05) is 23.8 Å². The lowest BCUT2D eigenvalue weighted by Crippen LogP contribution is -2.44. The highest BCUT2D eigenvalue weighted by molar-refractivity contribution is 5.68. The smallest absolute Gasteiger partial charge is 0.410 e. The minimum Gasteiger partial charge on any atom is -0.490 e. The Bertz CT molecular complexity index is 1450. The lowest BCUT2D eigenvalue weighted by molar-refractivity contribution is 0.0126. The maximum atomic E-state index is 13.4. The fourth-order valence-corrected chi connectivity index (χ4v) is 4.87. The molecule has 1 saturated heterocycles. The van der Waals surface area contributed by atoms with E-state index in [1.54, 1.807) is 16.4 Å². The van der Waals surface area contributed by atoms with E-state index in [2.05, 4.69) is 12.1 Å². The molecule has 1 aromatic heterocycles. The highest BCUT2D eigenvalue weighted by atomic mass is 16.6. The van der Waals surface area contributed by atoms with E-state index in [4.69, 9.17) is 9.47 Å². The maximum absolute atomic E-state index is 13.4. The van der Waals surface area contributed by atoms with E-state index < -0.39 is 5.60 Å². The van der Waals surface area contributed by atoms with Gasteiger partial charge < -0.3 is 18.9 Å². The zero-order valence-electron chi connectivity index (χ0n) is 23.7. The van der Waals surface area contributed by atoms with Crippen LogP contribution in [-0.4, -0.2) is 40.4 Å². The first-order valence-corrected chi connectivity index (χ1v) is 13.4. The minimum atomic E-state index is -0.510. The molecule has 1 amide bonds. The number of carbonyl (C=O) groups excluding carboxylic acids is 1. The quantitative estimate of drug-likeness (QED) is 0.398. The average molecular weight is 528 g/mol. The molecule has 2 heterocycles. The number of nitrogens with zero attached hydrogens (tertiary/aromatic N) is 3. The number of hydrogen-bond donors (Lipinski definition) is 0. The lowest BCUT2D eigenvalue weighted by atomic mass is 10.0. The Morgan fingerprint density at radius 2 is 1.67 bits per heavy atom. The predicted molar refractivity (Wildman–Crippen MR) is 152 cm³/mol. The number of aryl methyl sites for hydroxylation is 3. The molecule has 3 aromatic rings. The van der Waals surface area contributed by atoms with Crippen LogP contribution in [0.1, 0.15) is 61.4 Å². The third-order valence-corrected chi connectivity index (χ3v) is 6.98. The highest BCUT2D eigenvalue weighted by Gasteiger charge is 2.27. The van der Waals surface area contributed by atoms with Gasteiger partial charge in [-0.2, -0.15) is 5.26 Å². The summed E-state index contributed by atoms with van der Waals surface area (Å²) < 4.78 is 13.4. The number of nitriles is 1. The van der Waals surface area contributed by atoms with Gasteiger partial charge >= 0.3 is 6.09 Å². The van der Waals surface area contributed by atoms with Crippen molar-refractivity contribution in [3.63, 3.8) is 0 Å². The Morgan fingerprint density at radius 1 is 1.00 bits per heavy atom. The molecular weight excluding hydrogens is 490 g/mol. The standard InChI is InChI=1S/C32H37N3O4/c1-21-7-8-25(22(2)17-21)20-35-29(18-23(3)28(19-33)30(35)36)24-9-11-26(12-10-24)38-27-13-15-34(16-14-27)31(37)39-32(4,5)6/h7-12,17-18,27H,13-16,20H2,1-6H3. The SMILES string of the molecule is Cc1ccc(Cn2c(-c3ccc(OC4CCN(C(=O)OC(C)(C)C)CC4)cc3)cc(C)c(C#N)c2=O)c(C)c1. The first-order chi connectivity index (χ1) is 18.4. The van der Waals surface area contributed by atoms with Gasteiger partial charge in [0.2, 0.25) is 0 Å². The number of piperidine rings is 1. The van der Waals surface area contributed by atoms with Crippen molar-refractivity contribution in [3.8, 4) is 23.1 Å². The Hall–Kier alpha value is -4.05. The number of aromatic nitrogens is 1. The Labute approximate surface area is 230 Å². The van der Waals surface area contributed by atoms with Crippen LogP contribution in [0.15, 0.2) is 53.3 Å². The number of ether oxygens (including phenoxy) is 2. The molecule has 0 aliphatic carbocycles. The van der Waals surface area contributed by atoms with Crippen molar-refractivity contribution in [2.45, 2.75) is 72.6 Å². The Morgan fingerprint density at radius 3 is 2.26 bits per heavy atom. The van der Waals surface area contributed by atoms with Gasteiger partial charge in [0.15, 0.2) is 0 Å². The summed E-state index contributed by atoms with van der Waals surface area (Å²) in [6.07, 6.45) is 1.18. The van der Waals surface area contributed by atoms with E-state index >= 15 is 0 Å². The summed E-state index contributed by atoms with van der Waals surface area (Å²) in [5, 5.41) is 9.62. The Kier molecular flexibility index (Phi) is 8.15. The maximum Gasteiger partial charge on any atom is 0.410 e. The second-order valence-corrected chi connectivity index (χ2v) is 11.3. The molecular formula is C32H37N3O4. The van der Waals surface area contributed by atoms with Gasteiger partial charge in [-0.25, -0.2) is 4.79 Å². The molecule has 7 heteroatoms. The van der Waals surface area contributed by atoms with Crippen molar-refractivity contribution in [3.05, 3.63) is 86.7 Å². The lowest BCUT2D eigenvalue weighted by Gasteiger charge is -2.33. The van der Waals surface area contributed by atoms with Crippen LogP contribution in [0.25, 0.3) is 11.3 Å². The van der Waals surface area contributed by atoms with Crippen LogP contribution in [0.5, 0.6) is 5.75 Å². The van der Waals surface area contributed by atoms with Crippen LogP contribution < -0.4 is 10.3 Å². The molecule has 4 rings (SSSR count). The van der Waals surface area contributed by atoms with Gasteiger partial charge in [0.25, 0.3) is 5.56 Å². The number of pyridine rings is 1. The van der Waals surface area contributed by atoms with Crippen LogP contribution in [0.2, 0.25) is 0 Å². The van der Waals surface area contributed by atoms with Gasteiger partial charge in [0.05, 0.1) is 12.2 Å². The highest BCUT2D eigenvalue weighted by Crippen LogP contribution is 2.27. The molecule has 1 aliphatic heterocycles. The molecule has 1 fully saturated rings. The van der Waals surface area contributed by atoms with Crippen LogP contribution in [0.4, 0.5) is 4.79 Å². The molecule has 0 bridgehead atoms. The molecule has 2 aromatic carbocycles. The molecule has 0 atom stereocenters. The van der Waals surface area contributed by atoms with Crippen molar-refractivity contribution in [2.75, 3.05) is 13.1 Å². The summed E-state index contributed by atoms with van der Waals surface area (Å²) in [5.41, 5.74) is 4.96. The largest absolute Gasteiger partial charge is 0.490 e. The Balaban J connectivity index is 1.52. The minimum absolute atomic E-state index is 0.00869. The van der Waals surface area contributed by atoms with Crippen LogP contribution in [0, 0.1) is 32.1 Å². The van der Waals surface area contributed by atoms with Crippen molar-refractivity contribution in [1.29, 1.82) is 5.26 Å². The third kappa shape index (κ3) is 6.69. The second-order valence-electron chi connectivity index (χ2n) is 11.3. The molecule has 0 saturated carbocycles. The number of rotatable bonds is 5. The summed E-state index contributed by atoms with van der Waals surface area (Å²) in [7, 11) is 0. The average Bonchev–Trinajstić information content (AvgIpc) is 2.87. The van der Waals surface area contributed by atoms with Crippen molar-refractivity contribution in [2.24, 2.45) is 0 Å². The molecule has 0 spiro atoms. The molecule has 7 nitrogen and oxygen atoms in total. The van der Waals surface area contributed by atoms with Crippen LogP contribution in [0.3, 0.4) is 0 Å². The molecule has 0 N–H and O–H groups in total. The molecule has 0 radical (unpaired) electrons. The van der Waals surface area contributed by atoms with Gasteiger partial charge in [0, 0.05) is 25.9 Å². The van der Waals surface area contributed by atoms with E-state index in [0.29, 0.717) is 25.2 Å². The van der Waals surface area contributed by atoms with Gasteiger partial charge in [-0.15, -0.1) is 0 Å². The number of carbonyl (C=O) groups is 1. The van der Waals surface area contributed by atoms with E-state index in [1.165, 1.54) is 0 Å². The van der Waals surface area contributed by atoms with Gasteiger partial charge in [-0.3, -0.25) is 4.79 Å². The van der Waals surface area contributed by atoms with Gasteiger partial charge in [-0.05, 0) is 94.1 Å². The summed E-state index contributed by atoms with van der Waals surface area (Å²) >= 11 is 0. The summed E-state index contributed by atoms with van der Waals surface area (Å²) in [5.74, 6) is 0.739. The topological polar surface area (TPSA) is 84.6 Å². The monoisotopic (exact) mass is 527 g/mol.